The molecule has 0 bridgehead atoms. The summed E-state index contributed by atoms with van der Waals surface area (Å²) in [6.45, 7) is 25.0. The van der Waals surface area contributed by atoms with Gasteiger partial charge in [0.05, 0.1) is 28.1 Å². The lowest BCUT2D eigenvalue weighted by Gasteiger charge is -2.46. The number of aromatic nitrogens is 2. The maximum absolute atomic E-state index is 2.65. The average Bonchev–Trinajstić information content (AvgIpc) is 1.16. The Morgan fingerprint density at radius 1 is 0.372 bits per heavy atom. The normalized spacial score (nSPS) is 13.0. The fourth-order valence-electron chi connectivity index (χ4n) is 14.6. The molecule has 0 fully saturated rings. The zero-order chi connectivity index (χ0) is 59.2. The Kier molecular flexibility index (Phi) is 12.1. The van der Waals surface area contributed by atoms with E-state index in [1.165, 1.54) is 116 Å². The van der Waals surface area contributed by atoms with Crippen LogP contribution in [0.3, 0.4) is 0 Å². The quantitative estimate of drug-likeness (QED) is 0.148. The van der Waals surface area contributed by atoms with Crippen molar-refractivity contribution >= 4 is 118 Å². The largest absolute Gasteiger partial charge is 0.344 e. The van der Waals surface area contributed by atoms with Crippen molar-refractivity contribution in [3.05, 3.63) is 257 Å². The van der Waals surface area contributed by atoms with Gasteiger partial charge in [0.25, 0.3) is 6.71 Å². The summed E-state index contributed by atoms with van der Waals surface area (Å²) in [5.74, 6) is 0. The van der Waals surface area contributed by atoms with E-state index in [9.17, 15) is 0 Å². The third-order valence-corrected chi connectivity index (χ3v) is 18.6. The van der Waals surface area contributed by atoms with E-state index in [2.05, 4.69) is 325 Å². The molecule has 11 aromatic carbocycles. The standard InChI is InChI=1S/C80H72BN5/c1-49-27-35-67(62(42-49)54-40-52(4)39-53(5)41-54)86-70-38-32-56(80(9,10)11)45-65(70)81-76-72(46-60(47-73(76)86)83(57-21-15-13-16-22-57)58-23-17-14-18-24-58)84(59-33-30-55(31-34-59)79(6,7)8)74-48-71(75-61-25-19-20-26-66(61)82(12)78(75)77(74)81)85-68-36-28-50(2)43-63(68)64-44-51(3)29-37-69(64)85/h13-48H,1-12H3. The number of benzene rings is 11. The van der Waals surface area contributed by atoms with Crippen LogP contribution in [0.15, 0.2) is 218 Å². The molecular formula is C80H72BN5. The van der Waals surface area contributed by atoms with Gasteiger partial charge in [-0.05, 0) is 182 Å². The molecule has 420 valence electrons. The first-order valence-electron chi connectivity index (χ1n) is 30.6. The summed E-state index contributed by atoms with van der Waals surface area (Å²) in [6, 6.07) is 83.7. The van der Waals surface area contributed by atoms with E-state index in [-0.39, 0.29) is 17.5 Å². The van der Waals surface area contributed by atoms with Crippen LogP contribution in [0.25, 0.3) is 60.4 Å². The molecule has 2 aromatic heterocycles. The number of rotatable bonds is 7. The summed E-state index contributed by atoms with van der Waals surface area (Å²) in [5.41, 5.74) is 31.0. The molecule has 4 heterocycles. The third-order valence-electron chi connectivity index (χ3n) is 18.6. The summed E-state index contributed by atoms with van der Waals surface area (Å²) in [4.78, 5) is 7.75. The van der Waals surface area contributed by atoms with Gasteiger partial charge in [-0.1, -0.05) is 185 Å². The van der Waals surface area contributed by atoms with Crippen molar-refractivity contribution in [2.75, 3.05) is 14.7 Å². The molecule has 0 spiro atoms. The molecule has 0 aliphatic carbocycles. The van der Waals surface area contributed by atoms with E-state index in [0.717, 1.165) is 51.2 Å². The van der Waals surface area contributed by atoms with E-state index in [1.807, 2.05) is 0 Å². The minimum Gasteiger partial charge on any atom is -0.344 e. The highest BCUT2D eigenvalue weighted by molar-refractivity contribution is 7.01. The first kappa shape index (κ1) is 53.2. The van der Waals surface area contributed by atoms with E-state index >= 15 is 0 Å². The van der Waals surface area contributed by atoms with Gasteiger partial charge >= 0.3 is 0 Å². The van der Waals surface area contributed by atoms with Gasteiger partial charge in [-0.2, -0.15) is 0 Å². The maximum atomic E-state index is 2.65. The van der Waals surface area contributed by atoms with Gasteiger partial charge in [0.2, 0.25) is 0 Å². The molecule has 0 saturated heterocycles. The first-order chi connectivity index (χ1) is 41.4. The van der Waals surface area contributed by atoms with Gasteiger partial charge in [0, 0.05) is 85.0 Å². The van der Waals surface area contributed by atoms with E-state index in [4.69, 9.17) is 0 Å². The highest BCUT2D eigenvalue weighted by Crippen LogP contribution is 2.52. The number of hydrogen-bond acceptors (Lipinski definition) is 3. The predicted octanol–water partition coefficient (Wildman–Crippen LogP) is 19.8. The van der Waals surface area contributed by atoms with Crippen molar-refractivity contribution in [1.29, 1.82) is 0 Å². The van der Waals surface area contributed by atoms with E-state index in [1.54, 1.807) is 0 Å². The fraction of sp³-hybridized carbons (Fsp3) is 0.175. The van der Waals surface area contributed by atoms with Crippen molar-refractivity contribution in [1.82, 2.24) is 9.13 Å². The Balaban J connectivity index is 1.16. The Hall–Kier alpha value is -9.52. The highest BCUT2D eigenvalue weighted by Gasteiger charge is 2.47. The molecule has 0 N–H and O–H groups in total. The van der Waals surface area contributed by atoms with Gasteiger partial charge in [0.15, 0.2) is 0 Å². The third kappa shape index (κ3) is 8.35. The molecular weight excluding hydrogens is 1040 g/mol. The number of para-hydroxylation sites is 3. The summed E-state index contributed by atoms with van der Waals surface area (Å²) < 4.78 is 5.11. The monoisotopic (exact) mass is 1110 g/mol. The number of hydrogen-bond donors (Lipinski definition) is 0. The van der Waals surface area contributed by atoms with Crippen LogP contribution in [-0.2, 0) is 17.9 Å². The van der Waals surface area contributed by atoms with Crippen LogP contribution >= 0.6 is 0 Å². The second-order valence-electron chi connectivity index (χ2n) is 26.7. The highest BCUT2D eigenvalue weighted by atomic mass is 15.2. The minimum absolute atomic E-state index is 0.0549. The van der Waals surface area contributed by atoms with E-state index < -0.39 is 0 Å². The van der Waals surface area contributed by atoms with Gasteiger partial charge in [-0.25, -0.2) is 0 Å². The molecule has 0 atom stereocenters. The topological polar surface area (TPSA) is 19.6 Å². The van der Waals surface area contributed by atoms with Crippen LogP contribution in [0.2, 0.25) is 0 Å². The van der Waals surface area contributed by atoms with Crippen LogP contribution in [0, 0.1) is 34.6 Å². The molecule has 15 rings (SSSR count). The number of nitrogens with zero attached hydrogens (tertiary/aromatic N) is 5. The number of aryl methyl sites for hydroxylation is 6. The smallest absolute Gasteiger partial charge is 0.254 e. The molecule has 0 saturated carbocycles. The summed E-state index contributed by atoms with van der Waals surface area (Å²) in [5, 5.41) is 5.01. The van der Waals surface area contributed by atoms with Gasteiger partial charge in [-0.15, -0.1) is 0 Å². The molecule has 0 amide bonds. The molecule has 2 aliphatic rings. The maximum Gasteiger partial charge on any atom is 0.254 e. The predicted molar refractivity (Wildman–Crippen MR) is 370 cm³/mol. The first-order valence-corrected chi connectivity index (χ1v) is 30.6. The second kappa shape index (κ2) is 19.5. The van der Waals surface area contributed by atoms with Gasteiger partial charge < -0.3 is 23.8 Å². The lowest BCUT2D eigenvalue weighted by molar-refractivity contribution is 0.590. The van der Waals surface area contributed by atoms with Crippen molar-refractivity contribution < 1.29 is 0 Å². The zero-order valence-electron chi connectivity index (χ0n) is 51.6. The fourth-order valence-corrected chi connectivity index (χ4v) is 14.6. The van der Waals surface area contributed by atoms with Crippen molar-refractivity contribution in [3.63, 3.8) is 0 Å². The Morgan fingerprint density at radius 2 is 0.907 bits per heavy atom. The van der Waals surface area contributed by atoms with Crippen molar-refractivity contribution in [3.8, 4) is 16.8 Å². The molecule has 86 heavy (non-hydrogen) atoms. The summed E-state index contributed by atoms with van der Waals surface area (Å²) >= 11 is 0. The second-order valence-corrected chi connectivity index (χ2v) is 26.7. The Labute approximate surface area is 507 Å². The molecule has 5 nitrogen and oxygen atoms in total. The summed E-state index contributed by atoms with van der Waals surface area (Å²) in [7, 11) is 2.32. The van der Waals surface area contributed by atoms with Gasteiger partial charge in [0.1, 0.15) is 0 Å². The van der Waals surface area contributed by atoms with Gasteiger partial charge in [-0.3, -0.25) is 0 Å². The minimum atomic E-state index is -0.206. The Bertz CT molecular complexity index is 4800. The van der Waals surface area contributed by atoms with E-state index in [0.29, 0.717) is 0 Å². The number of fused-ring (bicyclic) bond motifs is 11. The molecule has 0 unspecified atom stereocenters. The molecule has 13 aromatic rings. The molecule has 6 heteroatoms. The van der Waals surface area contributed by atoms with Crippen molar-refractivity contribution in [2.24, 2.45) is 7.05 Å². The van der Waals surface area contributed by atoms with Crippen LogP contribution in [0.1, 0.15) is 80.5 Å². The summed E-state index contributed by atoms with van der Waals surface area (Å²) in [6.07, 6.45) is 0. The van der Waals surface area contributed by atoms with Crippen LogP contribution in [0.4, 0.5) is 51.2 Å². The lowest BCUT2D eigenvalue weighted by Crippen LogP contribution is -2.62. The van der Waals surface area contributed by atoms with Crippen LogP contribution in [-0.4, -0.2) is 15.8 Å². The van der Waals surface area contributed by atoms with Crippen molar-refractivity contribution in [2.45, 2.75) is 87.0 Å². The Morgan fingerprint density at radius 3 is 1.52 bits per heavy atom. The SMILES string of the molecule is Cc1cc(C)cc(-c2cc(C)ccc2N2c3ccc(C(C)(C)C)cc3B3c4c(cc(N(c5ccccc5)c5ccccc5)cc42)N(c2ccc(C(C)(C)C)cc2)c2cc(-n4c5ccc(C)cc5c5cc(C)ccc54)c4c5ccccc5n(C)c4c23)c1. The zero-order valence-corrected chi connectivity index (χ0v) is 51.6. The average molecular weight is 1110 g/mol. The van der Waals surface area contributed by atoms with Crippen LogP contribution < -0.4 is 31.1 Å². The molecule has 2 aliphatic heterocycles. The number of anilines is 9. The van der Waals surface area contributed by atoms with Crippen LogP contribution in [0.5, 0.6) is 0 Å². The molecule has 0 radical (unpaired) electrons. The lowest BCUT2D eigenvalue weighted by atomic mass is 9.33.